The Balaban J connectivity index is 1.98. The van der Waals surface area contributed by atoms with Crippen LogP contribution in [0.15, 0.2) is 44.8 Å². The van der Waals surface area contributed by atoms with Gasteiger partial charge in [0.25, 0.3) is 0 Å². The molecule has 2 nitrogen and oxygen atoms in total. The molecule has 0 radical (unpaired) electrons. The Morgan fingerprint density at radius 2 is 2.19 bits per heavy atom. The van der Waals surface area contributed by atoms with Crippen molar-refractivity contribution in [3.63, 3.8) is 0 Å². The van der Waals surface area contributed by atoms with Crippen molar-refractivity contribution in [2.24, 2.45) is 0 Å². The molecule has 1 aromatic heterocycles. The number of halogens is 1. The van der Waals surface area contributed by atoms with Gasteiger partial charge in [-0.2, -0.15) is 0 Å². The van der Waals surface area contributed by atoms with Crippen LogP contribution in [0, 0.1) is 0 Å². The van der Waals surface area contributed by atoms with Gasteiger partial charge in [-0.25, -0.2) is 0 Å². The van der Waals surface area contributed by atoms with Gasteiger partial charge in [0.1, 0.15) is 11.3 Å². The van der Waals surface area contributed by atoms with E-state index in [0.717, 1.165) is 27.7 Å². The van der Waals surface area contributed by atoms with Gasteiger partial charge in [0.05, 0.1) is 10.5 Å². The second-order valence-electron chi connectivity index (χ2n) is 5.68. The van der Waals surface area contributed by atoms with E-state index in [1.807, 2.05) is 6.07 Å². The molecule has 0 saturated heterocycles. The normalized spacial score (nSPS) is 17.5. The van der Waals surface area contributed by atoms with Gasteiger partial charge in [-0.15, -0.1) is 0 Å². The van der Waals surface area contributed by atoms with Crippen LogP contribution in [0.3, 0.4) is 0 Å². The van der Waals surface area contributed by atoms with E-state index in [1.165, 1.54) is 37.7 Å². The minimum atomic E-state index is 0.215. The van der Waals surface area contributed by atoms with Gasteiger partial charge in [-0.1, -0.05) is 31.6 Å². The molecule has 0 fully saturated rings. The summed E-state index contributed by atoms with van der Waals surface area (Å²) in [4.78, 5) is 0. The van der Waals surface area contributed by atoms with E-state index in [4.69, 9.17) is 4.42 Å². The summed E-state index contributed by atoms with van der Waals surface area (Å²) in [5.41, 5.74) is 2.44. The molecule has 112 valence electrons. The molecule has 2 aromatic rings. The van der Waals surface area contributed by atoms with Crippen LogP contribution in [0.4, 0.5) is 0 Å². The van der Waals surface area contributed by atoms with Crippen molar-refractivity contribution in [3.05, 3.63) is 46.1 Å². The monoisotopic (exact) mass is 347 g/mol. The van der Waals surface area contributed by atoms with Gasteiger partial charge in [0.2, 0.25) is 0 Å². The predicted octanol–water partition coefficient (Wildman–Crippen LogP) is 5.74. The largest absolute Gasteiger partial charge is 0.458 e. The van der Waals surface area contributed by atoms with E-state index >= 15 is 0 Å². The molecule has 1 aliphatic rings. The molecule has 0 amide bonds. The lowest BCUT2D eigenvalue weighted by atomic mass is 9.99. The lowest BCUT2D eigenvalue weighted by molar-refractivity contribution is 0.463. The van der Waals surface area contributed by atoms with E-state index in [2.05, 4.69) is 52.4 Å². The predicted molar refractivity (Wildman–Crippen MR) is 91.5 cm³/mol. The van der Waals surface area contributed by atoms with Gasteiger partial charge >= 0.3 is 0 Å². The van der Waals surface area contributed by atoms with E-state index in [9.17, 15) is 0 Å². The molecule has 0 spiro atoms. The maximum atomic E-state index is 6.16. The number of fused-ring (bicyclic) bond motifs is 1. The van der Waals surface area contributed by atoms with E-state index in [0.29, 0.717) is 0 Å². The summed E-state index contributed by atoms with van der Waals surface area (Å²) in [6.45, 7) is 3.10. The second kappa shape index (κ2) is 6.80. The van der Waals surface area contributed by atoms with Gasteiger partial charge in [-0.3, -0.25) is 0 Å². The molecule has 1 unspecified atom stereocenters. The summed E-state index contributed by atoms with van der Waals surface area (Å²) >= 11 is 3.58. The summed E-state index contributed by atoms with van der Waals surface area (Å²) in [6, 6.07) is 8.59. The molecule has 3 heteroatoms. The van der Waals surface area contributed by atoms with Crippen LogP contribution in [-0.2, 0) is 0 Å². The summed E-state index contributed by atoms with van der Waals surface area (Å²) < 4.78 is 7.18. The van der Waals surface area contributed by atoms with Gasteiger partial charge in [0, 0.05) is 5.39 Å². The standard InChI is InChI=1S/C18H22BrNO/c1-2-20-17(13-8-5-3-4-6-9-13)16-12-14-10-7-11-15(19)18(14)21-16/h7-8,10-12,17,20H,2-6,9H2,1H3. The van der Waals surface area contributed by atoms with E-state index in [-0.39, 0.29) is 6.04 Å². The van der Waals surface area contributed by atoms with Crippen LogP contribution in [0.5, 0.6) is 0 Å². The van der Waals surface area contributed by atoms with Crippen LogP contribution >= 0.6 is 15.9 Å². The minimum absolute atomic E-state index is 0.215. The summed E-state index contributed by atoms with van der Waals surface area (Å²) in [7, 11) is 0. The Morgan fingerprint density at radius 1 is 1.29 bits per heavy atom. The number of hydrogen-bond acceptors (Lipinski definition) is 2. The fourth-order valence-electron chi connectivity index (χ4n) is 3.11. The summed E-state index contributed by atoms with van der Waals surface area (Å²) in [6.07, 6.45) is 8.73. The maximum Gasteiger partial charge on any atom is 0.148 e. The minimum Gasteiger partial charge on any atom is -0.458 e. The summed E-state index contributed by atoms with van der Waals surface area (Å²) in [5, 5.41) is 4.76. The number of benzene rings is 1. The van der Waals surface area contributed by atoms with Crippen molar-refractivity contribution in [2.45, 2.75) is 45.1 Å². The molecule has 0 aliphatic heterocycles. The molecular weight excluding hydrogens is 326 g/mol. The average molecular weight is 348 g/mol. The Morgan fingerprint density at radius 3 is 3.00 bits per heavy atom. The van der Waals surface area contributed by atoms with Crippen molar-refractivity contribution in [1.82, 2.24) is 5.32 Å². The molecule has 1 aromatic carbocycles. The lowest BCUT2D eigenvalue weighted by Gasteiger charge is -2.18. The SMILES string of the molecule is CCNC(C1=CCCCCC1)c1cc2cccc(Br)c2o1. The highest BCUT2D eigenvalue weighted by Crippen LogP contribution is 2.34. The smallest absolute Gasteiger partial charge is 0.148 e. The molecule has 21 heavy (non-hydrogen) atoms. The van der Waals surface area contributed by atoms with Crippen LogP contribution < -0.4 is 5.32 Å². The number of likely N-dealkylation sites (N-methyl/N-ethyl adjacent to an activating group) is 1. The fourth-order valence-corrected chi connectivity index (χ4v) is 3.57. The molecule has 1 atom stereocenters. The Bertz CT molecular complexity index is 644. The molecule has 1 heterocycles. The Kier molecular flexibility index (Phi) is 4.81. The van der Waals surface area contributed by atoms with Crippen LogP contribution in [0.25, 0.3) is 11.0 Å². The van der Waals surface area contributed by atoms with Crippen molar-refractivity contribution >= 4 is 26.9 Å². The van der Waals surface area contributed by atoms with Crippen molar-refractivity contribution in [3.8, 4) is 0 Å². The molecule has 1 aliphatic carbocycles. The Labute approximate surface area is 134 Å². The van der Waals surface area contributed by atoms with E-state index in [1.54, 1.807) is 0 Å². The first-order valence-electron chi connectivity index (χ1n) is 7.90. The highest BCUT2D eigenvalue weighted by atomic mass is 79.9. The van der Waals surface area contributed by atoms with Gasteiger partial charge < -0.3 is 9.73 Å². The molecular formula is C18H22BrNO. The maximum absolute atomic E-state index is 6.16. The quantitative estimate of drug-likeness (QED) is 0.713. The van der Waals surface area contributed by atoms with Crippen LogP contribution in [0.1, 0.15) is 50.8 Å². The Hall–Kier alpha value is -1.06. The number of furan rings is 1. The summed E-state index contributed by atoms with van der Waals surface area (Å²) in [5.74, 6) is 1.03. The first-order chi connectivity index (χ1) is 10.3. The zero-order valence-corrected chi connectivity index (χ0v) is 14.1. The van der Waals surface area contributed by atoms with Crippen molar-refractivity contribution in [1.29, 1.82) is 0 Å². The lowest BCUT2D eigenvalue weighted by Crippen LogP contribution is -2.22. The molecule has 1 N–H and O–H groups in total. The van der Waals surface area contributed by atoms with Crippen molar-refractivity contribution in [2.75, 3.05) is 6.54 Å². The van der Waals surface area contributed by atoms with E-state index < -0.39 is 0 Å². The zero-order valence-electron chi connectivity index (χ0n) is 12.5. The molecule has 0 saturated carbocycles. The number of para-hydroxylation sites is 1. The zero-order chi connectivity index (χ0) is 14.7. The third kappa shape index (κ3) is 3.24. The number of rotatable bonds is 4. The number of allylic oxidation sites excluding steroid dienone is 1. The molecule has 0 bridgehead atoms. The average Bonchev–Trinajstić information content (AvgIpc) is 2.74. The van der Waals surface area contributed by atoms with Gasteiger partial charge in [-0.05, 0) is 65.9 Å². The second-order valence-corrected chi connectivity index (χ2v) is 6.53. The molecule has 3 rings (SSSR count). The number of nitrogens with one attached hydrogen (secondary N) is 1. The highest BCUT2D eigenvalue weighted by Gasteiger charge is 2.21. The van der Waals surface area contributed by atoms with Crippen molar-refractivity contribution < 1.29 is 4.42 Å². The third-order valence-electron chi connectivity index (χ3n) is 4.15. The first kappa shape index (κ1) is 14.9. The van der Waals surface area contributed by atoms with Crippen LogP contribution in [-0.4, -0.2) is 6.54 Å². The number of hydrogen-bond donors (Lipinski definition) is 1. The highest BCUT2D eigenvalue weighted by molar-refractivity contribution is 9.10. The fraction of sp³-hybridized carbons (Fsp3) is 0.444. The third-order valence-corrected chi connectivity index (χ3v) is 4.78. The topological polar surface area (TPSA) is 25.2 Å². The first-order valence-corrected chi connectivity index (χ1v) is 8.69. The van der Waals surface area contributed by atoms with Crippen LogP contribution in [0.2, 0.25) is 0 Å². The van der Waals surface area contributed by atoms with Gasteiger partial charge in [0.15, 0.2) is 0 Å².